The molecule has 2 heterocycles. The minimum absolute atomic E-state index is 0.419. The van der Waals surface area contributed by atoms with Crippen molar-refractivity contribution in [1.82, 2.24) is 14.5 Å². The number of thioether (sulfide) groups is 1. The maximum atomic E-state index is 10.2. The van der Waals surface area contributed by atoms with Crippen molar-refractivity contribution in [3.8, 4) is 0 Å². The molecule has 3 rings (SSSR count). The number of nitrogens with zero attached hydrogens (tertiary/aromatic N) is 3. The molecule has 1 unspecified atom stereocenters. The van der Waals surface area contributed by atoms with Gasteiger partial charge in [0.05, 0.1) is 30.0 Å². The van der Waals surface area contributed by atoms with E-state index in [9.17, 15) is 5.11 Å². The molecule has 4 nitrogen and oxygen atoms in total. The normalized spacial score (nSPS) is 12.9. The monoisotopic (exact) mass is 319 g/mol. The number of thiazole rings is 1. The zero-order chi connectivity index (χ0) is 14.8. The first kappa shape index (κ1) is 14.6. The first-order valence-electron chi connectivity index (χ1n) is 6.76. The van der Waals surface area contributed by atoms with Crippen molar-refractivity contribution < 1.29 is 5.11 Å². The summed E-state index contributed by atoms with van der Waals surface area (Å²) in [7, 11) is 0. The van der Waals surface area contributed by atoms with E-state index < -0.39 is 6.10 Å². The Morgan fingerprint density at radius 2 is 2.10 bits per heavy atom. The number of aliphatic hydroxyl groups is 1. The van der Waals surface area contributed by atoms with Gasteiger partial charge >= 0.3 is 0 Å². The number of fused-ring (bicyclic) bond motifs is 1. The lowest BCUT2D eigenvalue weighted by atomic mass is 10.1. The van der Waals surface area contributed by atoms with Crippen LogP contribution < -0.4 is 0 Å². The highest BCUT2D eigenvalue weighted by atomic mass is 32.2. The Morgan fingerprint density at radius 3 is 2.86 bits per heavy atom. The summed E-state index contributed by atoms with van der Waals surface area (Å²) in [6.45, 7) is 4.74. The summed E-state index contributed by atoms with van der Waals surface area (Å²) >= 11 is 3.19. The van der Waals surface area contributed by atoms with E-state index in [2.05, 4.69) is 35.9 Å². The van der Waals surface area contributed by atoms with Crippen molar-refractivity contribution in [2.24, 2.45) is 0 Å². The number of rotatable bonds is 5. The SMILES string of the molecule is Cc1cc2ncn(CC(O)CSc3nccs3)c2cc1C. The maximum Gasteiger partial charge on any atom is 0.149 e. The standard InChI is InChI=1S/C15H17N3OS2/c1-10-5-13-14(6-11(10)2)18(9-17-13)7-12(19)8-21-15-16-3-4-20-15/h3-6,9,12,19H,7-8H2,1-2H3. The van der Waals surface area contributed by atoms with E-state index in [4.69, 9.17) is 0 Å². The Bertz CT molecular complexity index is 737. The molecule has 6 heteroatoms. The molecule has 1 N–H and O–H groups in total. The van der Waals surface area contributed by atoms with E-state index in [-0.39, 0.29) is 0 Å². The molecule has 0 spiro atoms. The van der Waals surface area contributed by atoms with Gasteiger partial charge in [0.2, 0.25) is 0 Å². The van der Waals surface area contributed by atoms with E-state index in [1.807, 2.05) is 9.95 Å². The molecular weight excluding hydrogens is 302 g/mol. The van der Waals surface area contributed by atoms with Crippen LogP contribution in [0.15, 0.2) is 34.4 Å². The molecular formula is C15H17N3OS2. The van der Waals surface area contributed by atoms with Crippen LogP contribution in [0.4, 0.5) is 0 Å². The highest BCUT2D eigenvalue weighted by Gasteiger charge is 2.11. The summed E-state index contributed by atoms with van der Waals surface area (Å²) in [5.41, 5.74) is 4.55. The molecule has 1 atom stereocenters. The van der Waals surface area contributed by atoms with Crippen molar-refractivity contribution in [1.29, 1.82) is 0 Å². The van der Waals surface area contributed by atoms with Crippen molar-refractivity contribution in [3.63, 3.8) is 0 Å². The molecule has 0 aliphatic rings. The molecule has 0 aliphatic carbocycles. The molecule has 21 heavy (non-hydrogen) atoms. The molecule has 0 radical (unpaired) electrons. The third kappa shape index (κ3) is 3.28. The van der Waals surface area contributed by atoms with E-state index in [0.717, 1.165) is 15.4 Å². The number of aryl methyl sites for hydroxylation is 2. The van der Waals surface area contributed by atoms with Gasteiger partial charge < -0.3 is 9.67 Å². The largest absolute Gasteiger partial charge is 0.390 e. The second-order valence-corrected chi connectivity index (χ2v) is 7.25. The zero-order valence-electron chi connectivity index (χ0n) is 12.0. The minimum Gasteiger partial charge on any atom is -0.390 e. The Balaban J connectivity index is 1.71. The third-order valence-corrected chi connectivity index (χ3v) is 5.56. The van der Waals surface area contributed by atoms with Gasteiger partial charge in [-0.15, -0.1) is 11.3 Å². The van der Waals surface area contributed by atoms with Gasteiger partial charge in [-0.25, -0.2) is 9.97 Å². The predicted octanol–water partition coefficient (Wildman–Crippen LogP) is 3.26. The molecule has 0 amide bonds. The second-order valence-electron chi connectivity index (χ2n) is 5.08. The zero-order valence-corrected chi connectivity index (χ0v) is 13.6. The molecule has 110 valence electrons. The fourth-order valence-electron chi connectivity index (χ4n) is 2.19. The predicted molar refractivity (Wildman–Crippen MR) is 88.1 cm³/mol. The maximum absolute atomic E-state index is 10.2. The van der Waals surface area contributed by atoms with Crippen LogP contribution in [-0.4, -0.2) is 31.5 Å². The summed E-state index contributed by atoms with van der Waals surface area (Å²) in [6.07, 6.45) is 3.17. The Labute approximate surface area is 131 Å². The van der Waals surface area contributed by atoms with Crippen LogP contribution in [0.5, 0.6) is 0 Å². The van der Waals surface area contributed by atoms with Gasteiger partial charge in [0.25, 0.3) is 0 Å². The Hall–Kier alpha value is -1.37. The minimum atomic E-state index is -0.419. The highest BCUT2D eigenvalue weighted by Crippen LogP contribution is 2.22. The van der Waals surface area contributed by atoms with Crippen LogP contribution >= 0.6 is 23.1 Å². The molecule has 3 aromatic rings. The fraction of sp³-hybridized carbons (Fsp3) is 0.333. The van der Waals surface area contributed by atoms with E-state index in [1.54, 1.807) is 35.6 Å². The van der Waals surface area contributed by atoms with E-state index in [1.165, 1.54) is 11.1 Å². The number of benzene rings is 1. The lowest BCUT2D eigenvalue weighted by Gasteiger charge is -2.11. The summed E-state index contributed by atoms with van der Waals surface area (Å²) in [5, 5.41) is 12.2. The number of hydrogen-bond donors (Lipinski definition) is 1. The van der Waals surface area contributed by atoms with Gasteiger partial charge in [-0.3, -0.25) is 0 Å². The van der Waals surface area contributed by atoms with Crippen molar-refractivity contribution in [2.45, 2.75) is 30.8 Å². The van der Waals surface area contributed by atoms with Crippen LogP contribution in [-0.2, 0) is 6.54 Å². The highest BCUT2D eigenvalue weighted by molar-refractivity contribution is 8.01. The third-order valence-electron chi connectivity index (χ3n) is 3.45. The van der Waals surface area contributed by atoms with Gasteiger partial charge in [-0.2, -0.15) is 0 Å². The number of hydrogen-bond acceptors (Lipinski definition) is 5. The molecule has 2 aromatic heterocycles. The van der Waals surface area contributed by atoms with Crippen LogP contribution in [0, 0.1) is 13.8 Å². The first-order chi connectivity index (χ1) is 10.1. The lowest BCUT2D eigenvalue weighted by Crippen LogP contribution is -2.17. The average molecular weight is 319 g/mol. The van der Waals surface area contributed by atoms with Crippen LogP contribution in [0.2, 0.25) is 0 Å². The molecule has 1 aromatic carbocycles. The topological polar surface area (TPSA) is 50.9 Å². The summed E-state index contributed by atoms with van der Waals surface area (Å²) in [5.74, 6) is 0.637. The van der Waals surface area contributed by atoms with Gasteiger partial charge in [0.1, 0.15) is 4.34 Å². The van der Waals surface area contributed by atoms with Crippen molar-refractivity contribution in [3.05, 3.63) is 41.2 Å². The fourth-order valence-corrected chi connectivity index (χ4v) is 3.77. The average Bonchev–Trinajstić information content (AvgIpc) is 3.09. The summed E-state index contributed by atoms with van der Waals surface area (Å²) in [6, 6.07) is 4.23. The van der Waals surface area contributed by atoms with E-state index >= 15 is 0 Å². The van der Waals surface area contributed by atoms with Crippen LogP contribution in [0.3, 0.4) is 0 Å². The molecule has 0 saturated heterocycles. The van der Waals surface area contributed by atoms with Crippen LogP contribution in [0.25, 0.3) is 11.0 Å². The number of aliphatic hydroxyl groups excluding tert-OH is 1. The van der Waals surface area contributed by atoms with Gasteiger partial charge in [0, 0.05) is 17.3 Å². The Kier molecular flexibility index (Phi) is 4.28. The first-order valence-corrected chi connectivity index (χ1v) is 8.62. The molecule has 0 bridgehead atoms. The Morgan fingerprint density at radius 1 is 1.29 bits per heavy atom. The smallest absolute Gasteiger partial charge is 0.149 e. The summed E-state index contributed by atoms with van der Waals surface area (Å²) in [4.78, 5) is 8.63. The number of aromatic nitrogens is 3. The van der Waals surface area contributed by atoms with Gasteiger partial charge in [0.15, 0.2) is 0 Å². The van der Waals surface area contributed by atoms with Crippen molar-refractivity contribution in [2.75, 3.05) is 5.75 Å². The summed E-state index contributed by atoms with van der Waals surface area (Å²) < 4.78 is 3.02. The molecule has 0 aliphatic heterocycles. The molecule has 0 fully saturated rings. The number of imidazole rings is 1. The lowest BCUT2D eigenvalue weighted by molar-refractivity contribution is 0.179. The van der Waals surface area contributed by atoms with Gasteiger partial charge in [-0.05, 0) is 37.1 Å². The van der Waals surface area contributed by atoms with Gasteiger partial charge in [-0.1, -0.05) is 11.8 Å². The second kappa shape index (κ2) is 6.17. The van der Waals surface area contributed by atoms with E-state index in [0.29, 0.717) is 12.3 Å². The quantitative estimate of drug-likeness (QED) is 0.733. The van der Waals surface area contributed by atoms with Crippen LogP contribution in [0.1, 0.15) is 11.1 Å². The van der Waals surface area contributed by atoms with Crippen molar-refractivity contribution >= 4 is 34.1 Å². The molecule has 0 saturated carbocycles.